The molecule has 0 spiro atoms. The van der Waals surface area contributed by atoms with Crippen molar-refractivity contribution >= 4 is 35.0 Å². The van der Waals surface area contributed by atoms with E-state index in [4.69, 9.17) is 10.5 Å². The average molecular weight is 851 g/mol. The van der Waals surface area contributed by atoms with Gasteiger partial charge in [-0.05, 0) is 134 Å². The predicted molar refractivity (Wildman–Crippen MR) is 240 cm³/mol. The lowest BCUT2D eigenvalue weighted by atomic mass is 9.89. The van der Waals surface area contributed by atoms with E-state index in [-0.39, 0.29) is 29.3 Å². The predicted octanol–water partition coefficient (Wildman–Crippen LogP) is 7.86. The van der Waals surface area contributed by atoms with E-state index in [1.54, 1.807) is 30.3 Å². The number of carbonyl (C=O) groups is 4. The van der Waals surface area contributed by atoms with E-state index in [9.17, 15) is 19.2 Å². The number of rotatable bonds is 8. The lowest BCUT2D eigenvalue weighted by Gasteiger charge is -2.32. The van der Waals surface area contributed by atoms with E-state index in [0.29, 0.717) is 77.2 Å². The van der Waals surface area contributed by atoms with Gasteiger partial charge in [0.05, 0.1) is 41.2 Å². The molecule has 4 amide bonds. The number of anilines is 2. The molecule has 2 N–H and O–H groups in total. The molecule has 14 heteroatoms. The van der Waals surface area contributed by atoms with Gasteiger partial charge in [-0.15, -0.1) is 0 Å². The van der Waals surface area contributed by atoms with Gasteiger partial charge >= 0.3 is 0 Å². The molecule has 6 aromatic rings. The first kappa shape index (κ1) is 44.0. The number of nitriles is 2. The lowest BCUT2D eigenvalue weighted by molar-refractivity contribution is 0.0705. The first-order valence-corrected chi connectivity index (χ1v) is 21.1. The number of aryl methyl sites for hydroxylation is 2. The van der Waals surface area contributed by atoms with E-state index in [1.165, 1.54) is 42.1 Å². The maximum absolute atomic E-state index is 13.1. The topological polar surface area (TPSA) is 198 Å². The number of aromatic nitrogens is 4. The van der Waals surface area contributed by atoms with Gasteiger partial charge in [0, 0.05) is 54.9 Å². The molecule has 14 nitrogen and oxygen atoms in total. The van der Waals surface area contributed by atoms with E-state index in [1.807, 2.05) is 84.3 Å². The van der Waals surface area contributed by atoms with Crippen LogP contribution in [0.2, 0.25) is 0 Å². The summed E-state index contributed by atoms with van der Waals surface area (Å²) in [5.74, 6) is 0.0467. The van der Waals surface area contributed by atoms with Crippen LogP contribution < -0.4 is 10.6 Å². The number of nitrogens with zero attached hydrogens (tertiary/aromatic N) is 8. The van der Waals surface area contributed by atoms with Crippen LogP contribution in [0.1, 0.15) is 112 Å². The molecule has 0 saturated carbocycles. The Balaban J connectivity index is 0.000000191. The second-order valence-electron chi connectivity index (χ2n) is 15.8. The highest BCUT2D eigenvalue weighted by atomic mass is 16.2. The summed E-state index contributed by atoms with van der Waals surface area (Å²) in [6.07, 6.45) is 9.20. The molecular weight excluding hydrogens is 805 g/mol. The number of hydrogen-bond acceptors (Lipinski definition) is 10. The Morgan fingerprint density at radius 3 is 1.48 bits per heavy atom. The van der Waals surface area contributed by atoms with Gasteiger partial charge in [0.15, 0.2) is 0 Å². The number of carbonyl (C=O) groups excluding carboxylic acids is 4. The first-order chi connectivity index (χ1) is 31.1. The highest BCUT2D eigenvalue weighted by Gasteiger charge is 2.27. The Kier molecular flexibility index (Phi) is 14.2. The van der Waals surface area contributed by atoms with Crippen molar-refractivity contribution in [1.29, 1.82) is 10.5 Å². The fraction of sp³-hybridized carbons (Fsp3) is 0.240. The van der Waals surface area contributed by atoms with Crippen LogP contribution in [0.25, 0.3) is 0 Å². The van der Waals surface area contributed by atoms with Crippen LogP contribution >= 0.6 is 0 Å². The quantitative estimate of drug-likeness (QED) is 0.152. The zero-order valence-electron chi connectivity index (χ0n) is 35.6. The fourth-order valence-electron chi connectivity index (χ4n) is 7.87. The Hall–Kier alpha value is -8.10. The van der Waals surface area contributed by atoms with E-state index < -0.39 is 0 Å². The minimum absolute atomic E-state index is 0.0376. The van der Waals surface area contributed by atoms with Gasteiger partial charge in [-0.2, -0.15) is 20.7 Å². The van der Waals surface area contributed by atoms with Crippen molar-refractivity contribution in [3.8, 4) is 12.1 Å². The van der Waals surface area contributed by atoms with Crippen LogP contribution in [-0.4, -0.2) is 79.8 Å². The zero-order valence-corrected chi connectivity index (χ0v) is 35.6. The lowest BCUT2D eigenvalue weighted by Crippen LogP contribution is -2.38. The summed E-state index contributed by atoms with van der Waals surface area (Å²) in [6, 6.07) is 33.6. The van der Waals surface area contributed by atoms with Crippen LogP contribution in [0.5, 0.6) is 0 Å². The van der Waals surface area contributed by atoms with Crippen molar-refractivity contribution in [3.05, 3.63) is 178 Å². The monoisotopic (exact) mass is 850 g/mol. The summed E-state index contributed by atoms with van der Waals surface area (Å²) in [5, 5.41) is 31.0. The van der Waals surface area contributed by atoms with Crippen LogP contribution in [0, 0.1) is 36.5 Å². The number of hydrogen-bond donors (Lipinski definition) is 2. The van der Waals surface area contributed by atoms with Crippen LogP contribution in [0.15, 0.2) is 122 Å². The van der Waals surface area contributed by atoms with Gasteiger partial charge < -0.3 is 20.4 Å². The molecule has 2 aliphatic rings. The summed E-state index contributed by atoms with van der Waals surface area (Å²) in [5.41, 5.74) is 8.43. The summed E-state index contributed by atoms with van der Waals surface area (Å²) in [4.78, 5) is 62.6. The Morgan fingerprint density at radius 1 is 0.578 bits per heavy atom. The third-order valence-electron chi connectivity index (χ3n) is 11.7. The Bertz CT molecular complexity index is 2510. The summed E-state index contributed by atoms with van der Waals surface area (Å²) in [6.45, 7) is 6.44. The highest BCUT2D eigenvalue weighted by Crippen LogP contribution is 2.31. The smallest absolute Gasteiger partial charge is 0.274 e. The summed E-state index contributed by atoms with van der Waals surface area (Å²) < 4.78 is 0. The largest absolute Gasteiger partial charge is 0.339 e. The molecule has 4 heterocycles. The Morgan fingerprint density at radius 2 is 1.06 bits per heavy atom. The molecule has 0 atom stereocenters. The number of amides is 4. The van der Waals surface area contributed by atoms with Crippen molar-refractivity contribution in [1.82, 2.24) is 30.0 Å². The molecule has 4 aromatic carbocycles. The van der Waals surface area contributed by atoms with Crippen LogP contribution in [0.4, 0.5) is 11.4 Å². The minimum atomic E-state index is -0.344. The van der Waals surface area contributed by atoms with Crippen molar-refractivity contribution < 1.29 is 19.2 Å². The van der Waals surface area contributed by atoms with Gasteiger partial charge in [-0.1, -0.05) is 36.4 Å². The molecule has 2 aliphatic heterocycles. The number of benzene rings is 4. The van der Waals surface area contributed by atoms with Crippen molar-refractivity contribution in [3.63, 3.8) is 0 Å². The molecule has 320 valence electrons. The third-order valence-corrected chi connectivity index (χ3v) is 11.7. The molecular formula is C50H46N10O4. The second kappa shape index (κ2) is 20.6. The number of piperidine rings is 2. The molecule has 2 aromatic heterocycles. The fourth-order valence-corrected chi connectivity index (χ4v) is 7.87. The van der Waals surface area contributed by atoms with Crippen molar-refractivity contribution in [2.24, 2.45) is 0 Å². The van der Waals surface area contributed by atoms with E-state index in [0.717, 1.165) is 36.8 Å². The van der Waals surface area contributed by atoms with Gasteiger partial charge in [0.1, 0.15) is 12.0 Å². The first-order valence-electron chi connectivity index (χ1n) is 21.1. The molecule has 64 heavy (non-hydrogen) atoms. The summed E-state index contributed by atoms with van der Waals surface area (Å²) in [7, 11) is 0. The van der Waals surface area contributed by atoms with Gasteiger partial charge in [-0.25, -0.2) is 9.97 Å². The normalized spacial score (nSPS) is 13.9. The van der Waals surface area contributed by atoms with Gasteiger partial charge in [0.2, 0.25) is 0 Å². The van der Waals surface area contributed by atoms with E-state index >= 15 is 0 Å². The number of nitrogens with one attached hydrogen (secondary N) is 2. The van der Waals surface area contributed by atoms with E-state index in [2.05, 4.69) is 42.9 Å². The SMILES string of the molecule is Cc1ccc(C(=O)N2CCC(c3ccc(C#N)cc3)CC2)cc1NC(=O)c1ccncn1.Cc1ccc(C(=O)N2CCC(c3ccc(C#N)cc3)CC2)cc1NC(=O)c1ccnnc1. The van der Waals surface area contributed by atoms with Gasteiger partial charge in [-0.3, -0.25) is 19.2 Å². The van der Waals surface area contributed by atoms with Crippen molar-refractivity contribution in [2.75, 3.05) is 36.8 Å². The van der Waals surface area contributed by atoms with Crippen LogP contribution in [0.3, 0.4) is 0 Å². The standard InChI is InChI=1S/2C25H23N5O2/c1-17-2-5-21(14-23(17)29-24(31)22-8-11-27-16-28-22)25(32)30-12-9-20(10-13-30)19-6-3-18(15-26)4-7-19;1-17-2-5-21(14-23(17)29-24(31)22-8-11-27-28-16-22)25(32)30-12-9-20(10-13-30)19-6-3-18(15-26)4-7-19/h2*2-8,11,14,16,20H,9-10,12-13H2,1H3,(H,29,31). The molecule has 0 unspecified atom stereocenters. The molecule has 0 radical (unpaired) electrons. The maximum Gasteiger partial charge on any atom is 0.274 e. The van der Waals surface area contributed by atoms with Gasteiger partial charge in [0.25, 0.3) is 23.6 Å². The zero-order chi connectivity index (χ0) is 45.0. The van der Waals surface area contributed by atoms with Crippen LogP contribution in [-0.2, 0) is 0 Å². The van der Waals surface area contributed by atoms with Crippen molar-refractivity contribution in [2.45, 2.75) is 51.4 Å². The summed E-state index contributed by atoms with van der Waals surface area (Å²) >= 11 is 0. The molecule has 0 bridgehead atoms. The Labute approximate surface area is 371 Å². The molecule has 2 fully saturated rings. The maximum atomic E-state index is 13.1. The average Bonchev–Trinajstić information content (AvgIpc) is 3.35. The molecule has 0 aliphatic carbocycles. The highest BCUT2D eigenvalue weighted by molar-refractivity contribution is 6.06. The molecule has 2 saturated heterocycles. The minimum Gasteiger partial charge on any atom is -0.339 e. The molecule has 8 rings (SSSR count). The third kappa shape index (κ3) is 10.9. The number of likely N-dealkylation sites (tertiary alicyclic amines) is 2. The second-order valence-corrected chi connectivity index (χ2v) is 15.8.